The van der Waals surface area contributed by atoms with Gasteiger partial charge in [0.25, 0.3) is 0 Å². The van der Waals surface area contributed by atoms with Crippen molar-refractivity contribution in [2.45, 2.75) is 24.7 Å². The summed E-state index contributed by atoms with van der Waals surface area (Å²) in [5, 5.41) is 7.69. The molecule has 0 aliphatic carbocycles. The van der Waals surface area contributed by atoms with Crippen molar-refractivity contribution in [1.82, 2.24) is 15.2 Å². The van der Waals surface area contributed by atoms with Crippen molar-refractivity contribution in [3.05, 3.63) is 18.2 Å². The Balaban J connectivity index is 2.21. The number of aromatic nitrogens is 3. The molecule has 0 aliphatic heterocycles. The van der Waals surface area contributed by atoms with Crippen molar-refractivity contribution in [3.8, 4) is 0 Å². The zero-order valence-corrected chi connectivity index (χ0v) is 10.00. The van der Waals surface area contributed by atoms with Gasteiger partial charge in [0, 0.05) is 4.90 Å². The molecule has 5 heteroatoms. The number of nitrogens with two attached hydrogens (primary N) is 1. The third kappa shape index (κ3) is 2.61. The van der Waals surface area contributed by atoms with E-state index >= 15 is 0 Å². The second kappa shape index (κ2) is 5.12. The summed E-state index contributed by atoms with van der Waals surface area (Å²) in [5.74, 6) is 1.36. The Bertz CT molecular complexity index is 486. The first-order valence-electron chi connectivity index (χ1n) is 5.32. The first-order chi connectivity index (χ1) is 7.79. The average molecular weight is 234 g/mol. The summed E-state index contributed by atoms with van der Waals surface area (Å²) in [6.07, 6.45) is 2.45. The third-order valence-corrected chi connectivity index (χ3v) is 3.29. The number of hydrogen-bond donors (Lipinski definition) is 1. The molecule has 0 spiro atoms. The van der Waals surface area contributed by atoms with Crippen LogP contribution in [0.3, 0.4) is 0 Å². The van der Waals surface area contributed by atoms with Crippen LogP contribution in [0, 0.1) is 0 Å². The predicted octanol–water partition coefficient (Wildman–Crippen LogP) is 2.50. The lowest BCUT2D eigenvalue weighted by Crippen LogP contribution is -1.97. The van der Waals surface area contributed by atoms with E-state index < -0.39 is 0 Å². The van der Waals surface area contributed by atoms with Crippen LogP contribution in [0.5, 0.6) is 0 Å². The molecular formula is C11H14N4S. The van der Waals surface area contributed by atoms with Crippen LogP contribution in [0.2, 0.25) is 0 Å². The Labute approximate surface area is 98.7 Å². The summed E-state index contributed by atoms with van der Waals surface area (Å²) < 4.78 is 0. The zero-order chi connectivity index (χ0) is 11.4. The van der Waals surface area contributed by atoms with E-state index in [2.05, 4.69) is 28.2 Å². The predicted molar refractivity (Wildman–Crippen MR) is 67.4 cm³/mol. The Hall–Kier alpha value is -1.36. The number of thioether (sulfide) groups is 1. The number of anilines is 1. The van der Waals surface area contributed by atoms with Crippen LogP contribution in [0.1, 0.15) is 19.8 Å². The topological polar surface area (TPSA) is 64.7 Å². The summed E-state index contributed by atoms with van der Waals surface area (Å²) in [6.45, 7) is 2.19. The van der Waals surface area contributed by atoms with Gasteiger partial charge in [-0.25, -0.2) is 4.98 Å². The maximum absolute atomic E-state index is 5.50. The molecule has 0 amide bonds. The lowest BCUT2D eigenvalue weighted by molar-refractivity contribution is 0.896. The molecule has 0 atom stereocenters. The van der Waals surface area contributed by atoms with Crippen LogP contribution in [0.4, 0.5) is 5.95 Å². The van der Waals surface area contributed by atoms with Gasteiger partial charge < -0.3 is 5.73 Å². The normalized spacial score (nSPS) is 10.8. The number of unbranched alkanes of at least 4 members (excludes halogenated alkanes) is 1. The Morgan fingerprint density at radius 3 is 2.94 bits per heavy atom. The van der Waals surface area contributed by atoms with E-state index in [1.54, 1.807) is 0 Å². The van der Waals surface area contributed by atoms with Crippen LogP contribution in [0.25, 0.3) is 11.0 Å². The molecule has 0 saturated heterocycles. The lowest BCUT2D eigenvalue weighted by atomic mass is 10.3. The fourth-order valence-electron chi connectivity index (χ4n) is 1.35. The minimum Gasteiger partial charge on any atom is -0.366 e. The van der Waals surface area contributed by atoms with Gasteiger partial charge in [0.15, 0.2) is 0 Å². The number of fused-ring (bicyclic) bond motifs is 1. The highest BCUT2D eigenvalue weighted by Gasteiger charge is 2.01. The minimum atomic E-state index is 0.225. The zero-order valence-electron chi connectivity index (χ0n) is 9.18. The summed E-state index contributed by atoms with van der Waals surface area (Å²) in [5.41, 5.74) is 7.10. The monoisotopic (exact) mass is 234 g/mol. The molecule has 2 aromatic rings. The van der Waals surface area contributed by atoms with Crippen molar-refractivity contribution < 1.29 is 0 Å². The van der Waals surface area contributed by atoms with E-state index in [0.717, 1.165) is 16.8 Å². The second-order valence-electron chi connectivity index (χ2n) is 3.52. The number of nitrogen functional groups attached to an aromatic ring is 1. The standard InChI is InChI=1S/C11H14N4S/c1-2-3-6-16-8-4-5-9-10(7-8)13-11(12)15-14-9/h4-5,7H,2-3,6H2,1H3,(H2,12,13,15). The van der Waals surface area contributed by atoms with Crippen molar-refractivity contribution in [2.24, 2.45) is 0 Å². The number of nitrogens with zero attached hydrogens (tertiary/aromatic N) is 3. The molecule has 0 saturated carbocycles. The van der Waals surface area contributed by atoms with Gasteiger partial charge in [-0.05, 0) is 30.4 Å². The van der Waals surface area contributed by atoms with Crippen LogP contribution in [-0.2, 0) is 0 Å². The quantitative estimate of drug-likeness (QED) is 0.650. The summed E-state index contributed by atoms with van der Waals surface area (Å²) in [6, 6.07) is 6.00. The second-order valence-corrected chi connectivity index (χ2v) is 4.69. The molecule has 16 heavy (non-hydrogen) atoms. The maximum atomic E-state index is 5.50. The fourth-order valence-corrected chi connectivity index (χ4v) is 2.38. The number of hydrogen-bond acceptors (Lipinski definition) is 5. The van der Waals surface area contributed by atoms with E-state index in [4.69, 9.17) is 5.73 Å². The van der Waals surface area contributed by atoms with Gasteiger partial charge in [-0.1, -0.05) is 13.3 Å². The molecule has 0 unspecified atom stereocenters. The minimum absolute atomic E-state index is 0.225. The molecule has 0 radical (unpaired) electrons. The van der Waals surface area contributed by atoms with Crippen LogP contribution in [0.15, 0.2) is 23.1 Å². The largest absolute Gasteiger partial charge is 0.366 e. The van der Waals surface area contributed by atoms with Crippen molar-refractivity contribution in [1.29, 1.82) is 0 Å². The first kappa shape index (κ1) is 11.1. The van der Waals surface area contributed by atoms with Crippen LogP contribution in [-0.4, -0.2) is 20.9 Å². The molecule has 0 bridgehead atoms. The molecule has 84 valence electrons. The third-order valence-electron chi connectivity index (χ3n) is 2.21. The van der Waals surface area contributed by atoms with Crippen LogP contribution >= 0.6 is 11.8 Å². The molecule has 1 heterocycles. The van der Waals surface area contributed by atoms with Gasteiger partial charge in [-0.15, -0.1) is 22.0 Å². The van der Waals surface area contributed by atoms with Crippen LogP contribution < -0.4 is 5.73 Å². The van der Waals surface area contributed by atoms with E-state index in [9.17, 15) is 0 Å². The smallest absolute Gasteiger partial charge is 0.240 e. The molecular weight excluding hydrogens is 220 g/mol. The highest BCUT2D eigenvalue weighted by atomic mass is 32.2. The Morgan fingerprint density at radius 2 is 2.12 bits per heavy atom. The molecule has 1 aromatic heterocycles. The molecule has 0 aliphatic rings. The van der Waals surface area contributed by atoms with Gasteiger partial charge in [0.1, 0.15) is 5.52 Å². The van der Waals surface area contributed by atoms with E-state index in [1.807, 2.05) is 23.9 Å². The highest BCUT2D eigenvalue weighted by Crippen LogP contribution is 2.22. The average Bonchev–Trinajstić information content (AvgIpc) is 2.29. The van der Waals surface area contributed by atoms with Crippen molar-refractivity contribution >= 4 is 28.7 Å². The molecule has 4 nitrogen and oxygen atoms in total. The lowest BCUT2D eigenvalue weighted by Gasteiger charge is -2.02. The van der Waals surface area contributed by atoms with Gasteiger partial charge in [0.05, 0.1) is 5.52 Å². The molecule has 2 N–H and O–H groups in total. The van der Waals surface area contributed by atoms with E-state index in [-0.39, 0.29) is 5.95 Å². The van der Waals surface area contributed by atoms with E-state index in [0.29, 0.717) is 0 Å². The van der Waals surface area contributed by atoms with Gasteiger partial charge in [-0.2, -0.15) is 0 Å². The Kier molecular flexibility index (Phi) is 3.56. The summed E-state index contributed by atoms with van der Waals surface area (Å²) in [4.78, 5) is 5.36. The fraction of sp³-hybridized carbons (Fsp3) is 0.364. The van der Waals surface area contributed by atoms with Gasteiger partial charge in [-0.3, -0.25) is 0 Å². The molecule has 0 fully saturated rings. The van der Waals surface area contributed by atoms with Gasteiger partial charge >= 0.3 is 0 Å². The van der Waals surface area contributed by atoms with Gasteiger partial charge in [0.2, 0.25) is 5.95 Å². The molecule has 2 rings (SSSR count). The SMILES string of the molecule is CCCCSc1ccc2nnc(N)nc2c1. The highest BCUT2D eigenvalue weighted by molar-refractivity contribution is 7.99. The Morgan fingerprint density at radius 1 is 1.25 bits per heavy atom. The van der Waals surface area contributed by atoms with Crippen molar-refractivity contribution in [3.63, 3.8) is 0 Å². The first-order valence-corrected chi connectivity index (χ1v) is 6.31. The number of rotatable bonds is 4. The summed E-state index contributed by atoms with van der Waals surface area (Å²) in [7, 11) is 0. The number of benzene rings is 1. The molecule has 1 aromatic carbocycles. The maximum Gasteiger partial charge on any atom is 0.240 e. The summed E-state index contributed by atoms with van der Waals surface area (Å²) >= 11 is 1.84. The van der Waals surface area contributed by atoms with Crippen molar-refractivity contribution in [2.75, 3.05) is 11.5 Å². The van der Waals surface area contributed by atoms with E-state index in [1.165, 1.54) is 17.7 Å².